The second-order valence-corrected chi connectivity index (χ2v) is 4.87. The molecule has 0 saturated carbocycles. The molecular weight excluding hydrogens is 279 g/mol. The lowest BCUT2D eigenvalue weighted by Gasteiger charge is -2.18. The first kappa shape index (κ1) is 15.5. The van der Waals surface area contributed by atoms with Gasteiger partial charge in [-0.15, -0.1) is 0 Å². The third-order valence-corrected chi connectivity index (χ3v) is 3.29. The Labute approximate surface area is 121 Å². The fourth-order valence-corrected chi connectivity index (χ4v) is 2.06. The second-order valence-electron chi connectivity index (χ2n) is 4.87. The molecule has 1 unspecified atom stereocenters. The van der Waals surface area contributed by atoms with Gasteiger partial charge in [-0.05, 0) is 30.7 Å². The average molecular weight is 295 g/mol. The van der Waals surface area contributed by atoms with Crippen molar-refractivity contribution in [2.75, 3.05) is 6.54 Å². The van der Waals surface area contributed by atoms with E-state index in [0.717, 1.165) is 17.7 Å². The highest BCUT2D eigenvalue weighted by atomic mass is 19.1. The molecule has 0 aliphatic rings. The number of benzene rings is 2. The Morgan fingerprint density at radius 2 is 1.76 bits per heavy atom. The molecule has 2 aromatic rings. The minimum absolute atomic E-state index is 0.0235. The zero-order valence-electron chi connectivity index (χ0n) is 11.5. The van der Waals surface area contributed by atoms with Crippen molar-refractivity contribution in [3.05, 3.63) is 71.0 Å². The van der Waals surface area contributed by atoms with E-state index in [4.69, 9.17) is 0 Å². The van der Waals surface area contributed by atoms with Gasteiger partial charge < -0.3 is 10.4 Å². The second kappa shape index (κ2) is 6.74. The van der Waals surface area contributed by atoms with Gasteiger partial charge in [-0.3, -0.25) is 0 Å². The summed E-state index contributed by atoms with van der Waals surface area (Å²) in [5, 5.41) is 12.9. The third kappa shape index (κ3) is 4.06. The fraction of sp³-hybridized carbons (Fsp3) is 0.250. The van der Waals surface area contributed by atoms with Gasteiger partial charge in [0.25, 0.3) is 0 Å². The lowest BCUT2D eigenvalue weighted by molar-refractivity contribution is 0.166. The van der Waals surface area contributed by atoms with Crippen molar-refractivity contribution in [3.8, 4) is 0 Å². The molecule has 21 heavy (non-hydrogen) atoms. The van der Waals surface area contributed by atoms with E-state index in [2.05, 4.69) is 5.32 Å². The number of rotatable bonds is 5. The Bertz CT molecular complexity index is 618. The molecule has 0 aromatic heterocycles. The van der Waals surface area contributed by atoms with Crippen molar-refractivity contribution >= 4 is 0 Å². The van der Waals surface area contributed by atoms with E-state index in [-0.39, 0.29) is 24.0 Å². The van der Waals surface area contributed by atoms with Crippen LogP contribution in [0.5, 0.6) is 0 Å². The molecule has 0 aliphatic carbocycles. The van der Waals surface area contributed by atoms with Crippen LogP contribution in [0, 0.1) is 17.5 Å². The smallest absolute Gasteiger partial charge is 0.131 e. The van der Waals surface area contributed by atoms with Gasteiger partial charge in [0, 0.05) is 24.2 Å². The Balaban J connectivity index is 1.99. The van der Waals surface area contributed by atoms with Gasteiger partial charge >= 0.3 is 0 Å². The van der Waals surface area contributed by atoms with Crippen molar-refractivity contribution in [3.63, 3.8) is 0 Å². The molecule has 0 aliphatic heterocycles. The number of nitrogens with one attached hydrogen (secondary N) is 1. The van der Waals surface area contributed by atoms with Crippen LogP contribution in [0.25, 0.3) is 0 Å². The lowest BCUT2D eigenvalue weighted by Crippen LogP contribution is -2.25. The number of hydrogen-bond donors (Lipinski definition) is 2. The predicted octanol–water partition coefficient (Wildman–Crippen LogP) is 3.49. The van der Waals surface area contributed by atoms with Crippen molar-refractivity contribution in [1.29, 1.82) is 0 Å². The van der Waals surface area contributed by atoms with Crippen molar-refractivity contribution in [1.82, 2.24) is 5.32 Å². The molecule has 0 saturated heterocycles. The predicted molar refractivity (Wildman–Crippen MR) is 74.1 cm³/mol. The summed E-state index contributed by atoms with van der Waals surface area (Å²) >= 11 is 0. The number of aliphatic hydroxyl groups excluding tert-OH is 1. The van der Waals surface area contributed by atoms with Crippen LogP contribution in [0.2, 0.25) is 0 Å². The van der Waals surface area contributed by atoms with E-state index >= 15 is 0 Å². The molecule has 0 spiro atoms. The Hall–Kier alpha value is -1.85. The van der Waals surface area contributed by atoms with Gasteiger partial charge in [-0.1, -0.05) is 18.2 Å². The van der Waals surface area contributed by atoms with Crippen LogP contribution in [0.3, 0.4) is 0 Å². The van der Waals surface area contributed by atoms with Crippen molar-refractivity contribution in [2.45, 2.75) is 19.1 Å². The van der Waals surface area contributed by atoms with Crippen LogP contribution in [-0.2, 0) is 0 Å². The highest BCUT2D eigenvalue weighted by Gasteiger charge is 2.15. The van der Waals surface area contributed by atoms with Gasteiger partial charge in [0.05, 0.1) is 6.10 Å². The number of hydrogen-bond acceptors (Lipinski definition) is 2. The van der Waals surface area contributed by atoms with Crippen LogP contribution in [-0.4, -0.2) is 11.7 Å². The van der Waals surface area contributed by atoms with Crippen LogP contribution < -0.4 is 5.32 Å². The van der Waals surface area contributed by atoms with Gasteiger partial charge in [0.2, 0.25) is 0 Å². The van der Waals surface area contributed by atoms with E-state index in [9.17, 15) is 18.3 Å². The van der Waals surface area contributed by atoms with Crippen molar-refractivity contribution < 1.29 is 18.3 Å². The highest BCUT2D eigenvalue weighted by Crippen LogP contribution is 2.19. The molecule has 0 amide bonds. The Morgan fingerprint density at radius 1 is 1.05 bits per heavy atom. The first-order valence-electron chi connectivity index (χ1n) is 6.59. The van der Waals surface area contributed by atoms with E-state index in [1.54, 1.807) is 12.1 Å². The van der Waals surface area contributed by atoms with Gasteiger partial charge in [-0.2, -0.15) is 0 Å². The number of halogens is 3. The van der Waals surface area contributed by atoms with E-state index in [1.807, 2.05) is 6.92 Å². The maximum atomic E-state index is 13.5. The molecule has 2 nitrogen and oxygen atoms in total. The topological polar surface area (TPSA) is 32.3 Å². The first-order chi connectivity index (χ1) is 9.97. The molecule has 2 rings (SSSR count). The van der Waals surface area contributed by atoms with Crippen molar-refractivity contribution in [2.24, 2.45) is 0 Å². The average Bonchev–Trinajstić information content (AvgIpc) is 2.44. The molecule has 2 atom stereocenters. The van der Waals surface area contributed by atoms with Gasteiger partial charge in [0.1, 0.15) is 17.5 Å². The summed E-state index contributed by atoms with van der Waals surface area (Å²) in [7, 11) is 0. The van der Waals surface area contributed by atoms with Crippen LogP contribution in [0.15, 0.2) is 42.5 Å². The Kier molecular flexibility index (Phi) is 4.98. The largest absolute Gasteiger partial charge is 0.387 e. The van der Waals surface area contributed by atoms with Gasteiger partial charge in [0.15, 0.2) is 0 Å². The minimum Gasteiger partial charge on any atom is -0.387 e. The minimum atomic E-state index is -1.11. The molecule has 2 aromatic carbocycles. The van der Waals surface area contributed by atoms with Crippen LogP contribution in [0.1, 0.15) is 30.2 Å². The highest BCUT2D eigenvalue weighted by molar-refractivity contribution is 5.22. The maximum Gasteiger partial charge on any atom is 0.131 e. The van der Waals surface area contributed by atoms with Crippen LogP contribution in [0.4, 0.5) is 13.2 Å². The summed E-state index contributed by atoms with van der Waals surface area (Å²) in [6, 6.07) is 8.92. The SMILES string of the molecule is C[C@H](NCC(O)c1ccc(F)cc1F)c1cccc(F)c1. The molecule has 112 valence electrons. The fourth-order valence-electron chi connectivity index (χ4n) is 2.06. The quantitative estimate of drug-likeness (QED) is 0.885. The summed E-state index contributed by atoms with van der Waals surface area (Å²) in [4.78, 5) is 0. The first-order valence-corrected chi connectivity index (χ1v) is 6.59. The normalized spacial score (nSPS) is 14.0. The van der Waals surface area contributed by atoms with E-state index in [1.165, 1.54) is 18.2 Å². The van der Waals surface area contributed by atoms with Gasteiger partial charge in [-0.25, -0.2) is 13.2 Å². The Morgan fingerprint density at radius 3 is 2.43 bits per heavy atom. The summed E-state index contributed by atoms with van der Waals surface area (Å²) < 4.78 is 39.5. The zero-order valence-corrected chi connectivity index (χ0v) is 11.5. The third-order valence-electron chi connectivity index (χ3n) is 3.29. The van der Waals surface area contributed by atoms with E-state index < -0.39 is 17.7 Å². The lowest BCUT2D eigenvalue weighted by atomic mass is 10.1. The molecular formula is C16H16F3NO. The van der Waals surface area contributed by atoms with Crippen LogP contribution >= 0.6 is 0 Å². The molecule has 0 radical (unpaired) electrons. The molecule has 0 fully saturated rings. The van der Waals surface area contributed by atoms with E-state index in [0.29, 0.717) is 0 Å². The summed E-state index contributed by atoms with van der Waals surface area (Å²) in [6.07, 6.45) is -1.11. The summed E-state index contributed by atoms with van der Waals surface area (Å²) in [5.74, 6) is -1.82. The molecule has 0 heterocycles. The molecule has 2 N–H and O–H groups in total. The number of aliphatic hydroxyl groups is 1. The summed E-state index contributed by atoms with van der Waals surface area (Å²) in [5.41, 5.74) is 0.747. The monoisotopic (exact) mass is 295 g/mol. The summed E-state index contributed by atoms with van der Waals surface area (Å²) in [6.45, 7) is 1.88. The molecule has 5 heteroatoms. The standard InChI is InChI=1S/C16H16F3NO/c1-10(11-3-2-4-12(17)7-11)20-9-16(21)14-6-5-13(18)8-15(14)19/h2-8,10,16,20-21H,9H2,1H3/t10-,16?/m0/s1. The maximum absolute atomic E-state index is 13.5. The molecule has 0 bridgehead atoms. The zero-order chi connectivity index (χ0) is 15.4.